The Kier molecular flexibility index (Phi) is 6.12. The molecule has 35 heavy (non-hydrogen) atoms. The molecule has 2 aliphatic heterocycles. The van der Waals surface area contributed by atoms with E-state index in [1.54, 1.807) is 12.4 Å². The van der Waals surface area contributed by atoms with Gasteiger partial charge in [-0.2, -0.15) is 5.10 Å². The van der Waals surface area contributed by atoms with E-state index < -0.39 is 17.4 Å². The lowest BCUT2D eigenvalue weighted by atomic mass is 10.00. The van der Waals surface area contributed by atoms with Gasteiger partial charge in [-0.3, -0.25) is 10.4 Å². The largest absolute Gasteiger partial charge is 0.341 e. The molecule has 3 aromatic rings. The maximum Gasteiger partial charge on any atom is 0.213 e. The normalized spacial score (nSPS) is 19.6. The van der Waals surface area contributed by atoms with Crippen LogP contribution >= 0.6 is 0 Å². The van der Waals surface area contributed by atoms with Gasteiger partial charge in [0.2, 0.25) is 5.79 Å². The SMILES string of the molecule is CC(C)Cn1cc(C2=C(Nc3ccc4c(c3)CNCC4)NC(N)(c3cc(F)ccc3F)N=C2)cn1. The number of anilines is 1. The van der Waals surface area contributed by atoms with Crippen LogP contribution in [0.1, 0.15) is 36.1 Å². The van der Waals surface area contributed by atoms with Gasteiger partial charge in [0, 0.05) is 42.3 Å². The second-order valence-electron chi connectivity index (χ2n) is 9.44. The van der Waals surface area contributed by atoms with Crippen LogP contribution in [0.15, 0.2) is 59.6 Å². The van der Waals surface area contributed by atoms with Crippen molar-refractivity contribution in [2.75, 3.05) is 11.9 Å². The van der Waals surface area contributed by atoms with E-state index in [1.807, 2.05) is 16.9 Å². The van der Waals surface area contributed by atoms with Crippen molar-refractivity contribution in [1.82, 2.24) is 20.4 Å². The zero-order valence-corrected chi connectivity index (χ0v) is 19.8. The molecule has 1 aromatic heterocycles. The van der Waals surface area contributed by atoms with E-state index in [1.165, 1.54) is 11.1 Å². The summed E-state index contributed by atoms with van der Waals surface area (Å²) in [5.41, 5.74) is 11.3. The smallest absolute Gasteiger partial charge is 0.213 e. The molecule has 0 aliphatic carbocycles. The van der Waals surface area contributed by atoms with Crippen LogP contribution in [0.5, 0.6) is 0 Å². The van der Waals surface area contributed by atoms with Gasteiger partial charge < -0.3 is 16.0 Å². The maximum atomic E-state index is 14.7. The van der Waals surface area contributed by atoms with Gasteiger partial charge >= 0.3 is 0 Å². The first kappa shape index (κ1) is 23.2. The van der Waals surface area contributed by atoms with Crippen molar-refractivity contribution in [3.05, 3.63) is 88.5 Å². The van der Waals surface area contributed by atoms with Crippen molar-refractivity contribution in [2.45, 2.75) is 39.1 Å². The van der Waals surface area contributed by atoms with Crippen LogP contribution in [0.2, 0.25) is 0 Å². The van der Waals surface area contributed by atoms with Gasteiger partial charge in [-0.15, -0.1) is 0 Å². The molecule has 1 atom stereocenters. The molecule has 2 aliphatic rings. The molecule has 3 heterocycles. The standard InChI is InChI=1S/C26H29F2N7/c1-16(2)14-35-15-19(12-32-35)22-13-31-26(29,23-10-20(27)4-6-24(23)28)34-25(22)33-21-5-3-17-7-8-30-11-18(17)9-21/h3-6,9-10,12-13,15-16,30,33-34H,7-8,11,14,29H2,1-2H3. The number of aliphatic imine (C=N–C) groups is 1. The van der Waals surface area contributed by atoms with Crippen LogP contribution in [0.3, 0.4) is 0 Å². The van der Waals surface area contributed by atoms with Crippen LogP contribution in [0, 0.1) is 17.6 Å². The summed E-state index contributed by atoms with van der Waals surface area (Å²) in [6.07, 6.45) is 6.26. The fraction of sp³-hybridized carbons (Fsp3) is 0.308. The zero-order chi connectivity index (χ0) is 24.6. The van der Waals surface area contributed by atoms with Crippen molar-refractivity contribution < 1.29 is 8.78 Å². The monoisotopic (exact) mass is 477 g/mol. The Labute approximate surface area is 203 Å². The maximum absolute atomic E-state index is 14.7. The molecule has 9 heteroatoms. The van der Waals surface area contributed by atoms with Gasteiger partial charge in [-0.05, 0) is 60.3 Å². The van der Waals surface area contributed by atoms with E-state index in [4.69, 9.17) is 5.73 Å². The van der Waals surface area contributed by atoms with E-state index in [-0.39, 0.29) is 5.56 Å². The molecule has 2 aromatic carbocycles. The molecule has 0 spiro atoms. The number of nitrogens with zero attached hydrogens (tertiary/aromatic N) is 3. The fourth-order valence-electron chi connectivity index (χ4n) is 4.44. The van der Waals surface area contributed by atoms with Crippen LogP contribution < -0.4 is 21.7 Å². The predicted octanol–water partition coefficient (Wildman–Crippen LogP) is 3.69. The number of hydrogen-bond donors (Lipinski definition) is 4. The van der Waals surface area contributed by atoms with Crippen LogP contribution in [0.25, 0.3) is 5.57 Å². The van der Waals surface area contributed by atoms with Gasteiger partial charge in [0.1, 0.15) is 17.5 Å². The molecular formula is C26H29F2N7. The van der Waals surface area contributed by atoms with E-state index in [0.29, 0.717) is 17.3 Å². The van der Waals surface area contributed by atoms with Crippen molar-refractivity contribution in [3.8, 4) is 0 Å². The van der Waals surface area contributed by atoms with Gasteiger partial charge in [0.15, 0.2) is 0 Å². The van der Waals surface area contributed by atoms with E-state index in [9.17, 15) is 8.78 Å². The molecule has 0 amide bonds. The molecule has 0 fully saturated rings. The summed E-state index contributed by atoms with van der Waals surface area (Å²) in [4.78, 5) is 4.41. The molecule has 0 radical (unpaired) electrons. The second-order valence-corrected chi connectivity index (χ2v) is 9.44. The number of hydrogen-bond acceptors (Lipinski definition) is 6. The number of fused-ring (bicyclic) bond motifs is 1. The Hall–Kier alpha value is -3.56. The predicted molar refractivity (Wildman–Crippen MR) is 133 cm³/mol. The summed E-state index contributed by atoms with van der Waals surface area (Å²) in [7, 11) is 0. The lowest BCUT2D eigenvalue weighted by Crippen LogP contribution is -2.52. The summed E-state index contributed by atoms with van der Waals surface area (Å²) in [6, 6.07) is 9.37. The first-order chi connectivity index (χ1) is 16.8. The lowest BCUT2D eigenvalue weighted by Gasteiger charge is -2.34. The third kappa shape index (κ3) is 4.82. The first-order valence-electron chi connectivity index (χ1n) is 11.8. The minimum absolute atomic E-state index is 0.0859. The number of aromatic nitrogens is 2. The average molecular weight is 478 g/mol. The average Bonchev–Trinajstić information content (AvgIpc) is 3.28. The second kappa shape index (κ2) is 9.24. The highest BCUT2D eigenvalue weighted by atomic mass is 19.1. The molecule has 182 valence electrons. The molecule has 0 saturated carbocycles. The fourth-order valence-corrected chi connectivity index (χ4v) is 4.44. The summed E-state index contributed by atoms with van der Waals surface area (Å²) in [6.45, 7) is 6.77. The summed E-state index contributed by atoms with van der Waals surface area (Å²) < 4.78 is 30.5. The van der Waals surface area contributed by atoms with Crippen molar-refractivity contribution in [1.29, 1.82) is 0 Å². The van der Waals surface area contributed by atoms with Crippen molar-refractivity contribution in [2.24, 2.45) is 16.6 Å². The van der Waals surface area contributed by atoms with Crippen molar-refractivity contribution >= 4 is 17.5 Å². The molecule has 7 nitrogen and oxygen atoms in total. The number of nitrogens with one attached hydrogen (secondary N) is 3. The lowest BCUT2D eigenvalue weighted by molar-refractivity contribution is 0.378. The molecule has 5 rings (SSSR count). The van der Waals surface area contributed by atoms with E-state index >= 15 is 0 Å². The van der Waals surface area contributed by atoms with Gasteiger partial charge in [-0.1, -0.05) is 19.9 Å². The highest BCUT2D eigenvalue weighted by molar-refractivity contribution is 6.12. The molecule has 1 unspecified atom stereocenters. The van der Waals surface area contributed by atoms with E-state index in [2.05, 4.69) is 52.0 Å². The van der Waals surface area contributed by atoms with Crippen LogP contribution in [0.4, 0.5) is 14.5 Å². The number of rotatable bonds is 6. The third-order valence-corrected chi connectivity index (χ3v) is 6.18. The highest BCUT2D eigenvalue weighted by Gasteiger charge is 2.34. The minimum atomic E-state index is -1.69. The molecular weight excluding hydrogens is 448 g/mol. The Balaban J connectivity index is 1.54. The number of nitrogens with two attached hydrogens (primary N) is 1. The summed E-state index contributed by atoms with van der Waals surface area (Å²) >= 11 is 0. The van der Waals surface area contributed by atoms with Gasteiger partial charge in [0.25, 0.3) is 0 Å². The Bertz CT molecular complexity index is 1310. The van der Waals surface area contributed by atoms with E-state index in [0.717, 1.165) is 55.5 Å². The van der Waals surface area contributed by atoms with Crippen molar-refractivity contribution in [3.63, 3.8) is 0 Å². The Morgan fingerprint density at radius 1 is 1.17 bits per heavy atom. The van der Waals surface area contributed by atoms with Gasteiger partial charge in [-0.25, -0.2) is 13.8 Å². The number of benzene rings is 2. The van der Waals surface area contributed by atoms with Crippen LogP contribution in [-0.4, -0.2) is 22.5 Å². The molecule has 5 N–H and O–H groups in total. The number of allylic oxidation sites excluding steroid dienone is 1. The molecule has 0 bridgehead atoms. The summed E-state index contributed by atoms with van der Waals surface area (Å²) in [5, 5.41) is 14.4. The van der Waals surface area contributed by atoms with Gasteiger partial charge in [0.05, 0.1) is 11.8 Å². The Morgan fingerprint density at radius 2 is 2.03 bits per heavy atom. The zero-order valence-electron chi connectivity index (χ0n) is 19.8. The first-order valence-corrected chi connectivity index (χ1v) is 11.8. The number of halogens is 2. The minimum Gasteiger partial charge on any atom is -0.341 e. The molecule has 0 saturated heterocycles. The Morgan fingerprint density at radius 3 is 2.86 bits per heavy atom. The summed E-state index contributed by atoms with van der Waals surface area (Å²) in [5.74, 6) is -1.97. The topological polar surface area (TPSA) is 92.3 Å². The third-order valence-electron chi connectivity index (χ3n) is 6.18. The highest BCUT2D eigenvalue weighted by Crippen LogP contribution is 2.30. The van der Waals surface area contributed by atoms with Crippen LogP contribution in [-0.2, 0) is 25.3 Å². The quantitative estimate of drug-likeness (QED) is 0.435.